The zero-order chi connectivity index (χ0) is 25.7. The average Bonchev–Trinajstić information content (AvgIpc) is 2.90. The lowest BCUT2D eigenvalue weighted by Gasteiger charge is -2.34. The van der Waals surface area contributed by atoms with Crippen molar-refractivity contribution in [2.24, 2.45) is 5.92 Å². The molecule has 1 aliphatic rings. The van der Waals surface area contributed by atoms with Crippen molar-refractivity contribution in [3.05, 3.63) is 65.5 Å². The first-order valence-electron chi connectivity index (χ1n) is 12.1. The molecule has 1 saturated carbocycles. The van der Waals surface area contributed by atoms with Crippen molar-refractivity contribution < 1.29 is 27.4 Å². The van der Waals surface area contributed by atoms with E-state index in [1.54, 1.807) is 18.3 Å². The number of hydrogen-bond donors (Lipinski definition) is 1. The van der Waals surface area contributed by atoms with Gasteiger partial charge in [-0.25, -0.2) is 4.98 Å². The van der Waals surface area contributed by atoms with Gasteiger partial charge in [-0.05, 0) is 80.3 Å². The number of ether oxygens (including phenoxy) is 2. The summed E-state index contributed by atoms with van der Waals surface area (Å²) in [6, 6.07) is 8.70. The van der Waals surface area contributed by atoms with Gasteiger partial charge in [0.25, 0.3) is 5.91 Å². The first-order valence-corrected chi connectivity index (χ1v) is 12.1. The van der Waals surface area contributed by atoms with Crippen LogP contribution in [0.1, 0.15) is 60.0 Å². The summed E-state index contributed by atoms with van der Waals surface area (Å²) < 4.78 is 50.7. The van der Waals surface area contributed by atoms with Crippen LogP contribution in [-0.4, -0.2) is 42.2 Å². The number of nitrogens with one attached hydrogen (secondary N) is 1. The fourth-order valence-corrected chi connectivity index (χ4v) is 4.96. The van der Waals surface area contributed by atoms with Gasteiger partial charge in [0.1, 0.15) is 0 Å². The summed E-state index contributed by atoms with van der Waals surface area (Å²) in [4.78, 5) is 21.2. The van der Waals surface area contributed by atoms with E-state index in [2.05, 4.69) is 15.3 Å². The number of rotatable bonds is 8. The van der Waals surface area contributed by atoms with E-state index < -0.39 is 11.7 Å². The maximum Gasteiger partial charge on any atom is 0.416 e. The first kappa shape index (κ1) is 25.9. The minimum absolute atomic E-state index is 0.129. The molecule has 1 aromatic carbocycles. The summed E-state index contributed by atoms with van der Waals surface area (Å²) in [7, 11) is 1.51. The molecule has 1 atom stereocenters. The number of hydrogen-bond acceptors (Lipinski definition) is 5. The van der Waals surface area contributed by atoms with E-state index in [-0.39, 0.29) is 23.8 Å². The summed E-state index contributed by atoms with van der Waals surface area (Å²) in [6.07, 6.45) is 2.01. The molecule has 1 fully saturated rings. The van der Waals surface area contributed by atoms with Crippen molar-refractivity contribution in [2.45, 2.75) is 50.7 Å². The molecule has 0 aliphatic heterocycles. The van der Waals surface area contributed by atoms with E-state index >= 15 is 0 Å². The lowest BCUT2D eigenvalue weighted by molar-refractivity contribution is -0.137. The van der Waals surface area contributed by atoms with E-state index in [1.165, 1.54) is 25.4 Å². The number of amides is 1. The van der Waals surface area contributed by atoms with Crippen LogP contribution in [0.3, 0.4) is 0 Å². The Morgan fingerprint density at radius 3 is 2.53 bits per heavy atom. The zero-order valence-corrected chi connectivity index (χ0v) is 20.3. The standard InChI is InChI=1S/C27H30F3N3O3/c1-3-36-16-24(33-26(34)19-8-11-25(35-2)32-15-19)18-6-4-17(5-7-18)21-12-13-31-23-10-9-20(14-22(21)23)27(28,29)30/h8-15,17-18,24H,3-7,16H2,1-2H3,(H,33,34)/t17-,18+,24-/m1/s1. The largest absolute Gasteiger partial charge is 0.481 e. The van der Waals surface area contributed by atoms with Crippen molar-refractivity contribution in [3.63, 3.8) is 0 Å². The normalized spacial score (nSPS) is 19.1. The van der Waals surface area contributed by atoms with Gasteiger partial charge in [-0.3, -0.25) is 9.78 Å². The van der Waals surface area contributed by atoms with Crippen molar-refractivity contribution in [3.8, 4) is 5.88 Å². The molecular formula is C27H30F3N3O3. The quantitative estimate of drug-likeness (QED) is 0.425. The predicted octanol–water partition coefficient (Wildman–Crippen LogP) is 5.77. The van der Waals surface area contributed by atoms with Crippen LogP contribution in [-0.2, 0) is 10.9 Å². The highest BCUT2D eigenvalue weighted by molar-refractivity contribution is 5.94. The van der Waals surface area contributed by atoms with Gasteiger partial charge in [0.15, 0.2) is 0 Å². The molecule has 9 heteroatoms. The number of methoxy groups -OCH3 is 1. The molecule has 4 rings (SSSR count). The van der Waals surface area contributed by atoms with Crippen LogP contribution in [0.2, 0.25) is 0 Å². The third kappa shape index (κ3) is 5.95. The number of benzene rings is 1. The van der Waals surface area contributed by atoms with E-state index in [4.69, 9.17) is 9.47 Å². The Morgan fingerprint density at radius 2 is 1.89 bits per heavy atom. The maximum atomic E-state index is 13.3. The van der Waals surface area contributed by atoms with Crippen LogP contribution in [0, 0.1) is 5.92 Å². The van der Waals surface area contributed by atoms with Crippen molar-refractivity contribution >= 4 is 16.8 Å². The smallest absolute Gasteiger partial charge is 0.416 e. The zero-order valence-electron chi connectivity index (χ0n) is 20.3. The van der Waals surface area contributed by atoms with Crippen LogP contribution >= 0.6 is 0 Å². The molecule has 2 aromatic heterocycles. The Kier molecular flexibility index (Phi) is 8.08. The van der Waals surface area contributed by atoms with Crippen LogP contribution in [0.4, 0.5) is 13.2 Å². The molecule has 3 aromatic rings. The molecule has 6 nitrogen and oxygen atoms in total. The number of carbonyl (C=O) groups excluding carboxylic acids is 1. The highest BCUT2D eigenvalue weighted by Crippen LogP contribution is 2.40. The molecule has 192 valence electrons. The molecule has 0 radical (unpaired) electrons. The Bertz CT molecular complexity index is 1180. The van der Waals surface area contributed by atoms with Crippen LogP contribution < -0.4 is 10.1 Å². The van der Waals surface area contributed by atoms with E-state index in [0.717, 1.165) is 37.3 Å². The molecule has 1 N–H and O–H groups in total. The van der Waals surface area contributed by atoms with Gasteiger partial charge in [0.05, 0.1) is 36.4 Å². The monoisotopic (exact) mass is 501 g/mol. The second kappa shape index (κ2) is 11.2. The SMILES string of the molecule is CCOC[C@@H](NC(=O)c1ccc(OC)nc1)[C@H]1CC[C@@H](c2ccnc3ccc(C(F)(F)F)cc32)CC1. The highest BCUT2D eigenvalue weighted by Gasteiger charge is 2.33. The summed E-state index contributed by atoms with van der Waals surface area (Å²) in [6.45, 7) is 2.84. The van der Waals surface area contributed by atoms with Crippen LogP contribution in [0.15, 0.2) is 48.8 Å². The second-order valence-corrected chi connectivity index (χ2v) is 9.07. The molecular weight excluding hydrogens is 471 g/mol. The minimum Gasteiger partial charge on any atom is -0.481 e. The van der Waals surface area contributed by atoms with Gasteiger partial charge in [0.2, 0.25) is 5.88 Å². The Hall–Kier alpha value is -3.20. The molecule has 0 saturated heterocycles. The molecule has 2 heterocycles. The summed E-state index contributed by atoms with van der Waals surface area (Å²) in [5.41, 5.74) is 1.25. The van der Waals surface area contributed by atoms with E-state index in [0.29, 0.717) is 35.6 Å². The fourth-order valence-electron chi connectivity index (χ4n) is 4.96. The lowest BCUT2D eigenvalue weighted by Crippen LogP contribution is -2.44. The summed E-state index contributed by atoms with van der Waals surface area (Å²) in [5.74, 6) is 0.532. The number of pyridine rings is 2. The van der Waals surface area contributed by atoms with Gasteiger partial charge in [0, 0.05) is 30.5 Å². The van der Waals surface area contributed by atoms with Crippen LogP contribution in [0.25, 0.3) is 10.9 Å². The Balaban J connectivity index is 1.47. The van der Waals surface area contributed by atoms with Crippen molar-refractivity contribution in [1.82, 2.24) is 15.3 Å². The van der Waals surface area contributed by atoms with Gasteiger partial charge < -0.3 is 14.8 Å². The fraction of sp³-hybridized carbons (Fsp3) is 0.444. The lowest BCUT2D eigenvalue weighted by atomic mass is 9.75. The number of carbonyl (C=O) groups is 1. The average molecular weight is 502 g/mol. The molecule has 0 unspecified atom stereocenters. The van der Waals surface area contributed by atoms with E-state index in [9.17, 15) is 18.0 Å². The molecule has 0 spiro atoms. The Morgan fingerprint density at radius 1 is 1.11 bits per heavy atom. The third-order valence-electron chi connectivity index (χ3n) is 6.91. The Labute approximate surface area is 208 Å². The van der Waals surface area contributed by atoms with Crippen LogP contribution in [0.5, 0.6) is 5.88 Å². The number of nitrogens with zero attached hydrogens (tertiary/aromatic N) is 2. The second-order valence-electron chi connectivity index (χ2n) is 9.07. The number of fused-ring (bicyclic) bond motifs is 1. The highest BCUT2D eigenvalue weighted by atomic mass is 19.4. The topological polar surface area (TPSA) is 73.3 Å². The van der Waals surface area contributed by atoms with Gasteiger partial charge >= 0.3 is 6.18 Å². The minimum atomic E-state index is -4.40. The van der Waals surface area contributed by atoms with E-state index in [1.807, 2.05) is 13.0 Å². The molecule has 1 amide bonds. The molecule has 36 heavy (non-hydrogen) atoms. The molecule has 0 bridgehead atoms. The number of halogens is 3. The van der Waals surface area contributed by atoms with Gasteiger partial charge in [-0.15, -0.1) is 0 Å². The molecule has 1 aliphatic carbocycles. The van der Waals surface area contributed by atoms with Gasteiger partial charge in [-0.1, -0.05) is 0 Å². The third-order valence-corrected chi connectivity index (χ3v) is 6.91. The summed E-state index contributed by atoms with van der Waals surface area (Å²) in [5, 5.41) is 3.66. The maximum absolute atomic E-state index is 13.3. The predicted molar refractivity (Wildman–Crippen MR) is 130 cm³/mol. The van der Waals surface area contributed by atoms with Crippen molar-refractivity contribution in [1.29, 1.82) is 0 Å². The number of aromatic nitrogens is 2. The number of alkyl halides is 3. The summed E-state index contributed by atoms with van der Waals surface area (Å²) >= 11 is 0. The first-order chi connectivity index (χ1) is 17.3. The van der Waals surface area contributed by atoms with Gasteiger partial charge in [-0.2, -0.15) is 13.2 Å². The van der Waals surface area contributed by atoms with Crippen molar-refractivity contribution in [2.75, 3.05) is 20.3 Å².